The zero-order valence-electron chi connectivity index (χ0n) is 21.6. The minimum Gasteiger partial charge on any atom is -0.744 e. The first-order chi connectivity index (χ1) is 18.8. The van der Waals surface area contributed by atoms with Crippen molar-refractivity contribution >= 4 is 76.9 Å². The first-order valence-electron chi connectivity index (χ1n) is 11.3. The summed E-state index contributed by atoms with van der Waals surface area (Å²) < 4.78 is 63.2. The summed E-state index contributed by atoms with van der Waals surface area (Å²) in [7, 11) is -7.75. The maximum absolute atomic E-state index is 13.3. The number of amides is 1. The second-order valence-electron chi connectivity index (χ2n) is 8.37. The molecule has 0 aliphatic carbocycles. The Morgan fingerprint density at radius 2 is 1.71 bits per heavy atom. The molecule has 0 atom stereocenters. The summed E-state index contributed by atoms with van der Waals surface area (Å²) in [6, 6.07) is 16.9. The molecule has 41 heavy (non-hydrogen) atoms. The van der Waals surface area contributed by atoms with Crippen LogP contribution in [0.15, 0.2) is 92.8 Å². The number of hydrogen-bond acceptors (Lipinski definition) is 10. The van der Waals surface area contributed by atoms with E-state index in [1.807, 2.05) is 0 Å². The number of aromatic hydroxyl groups is 1. The van der Waals surface area contributed by atoms with Crippen LogP contribution in [-0.4, -0.2) is 45.3 Å². The predicted octanol–water partition coefficient (Wildman–Crippen LogP) is 1.45. The van der Waals surface area contributed by atoms with Crippen molar-refractivity contribution in [1.82, 2.24) is 0 Å². The van der Waals surface area contributed by atoms with E-state index in [4.69, 9.17) is 17.3 Å². The van der Waals surface area contributed by atoms with Crippen molar-refractivity contribution in [2.24, 2.45) is 10.2 Å². The average Bonchev–Trinajstić information content (AvgIpc) is 2.92. The van der Waals surface area contributed by atoms with Gasteiger partial charge < -0.3 is 20.7 Å². The molecule has 0 bridgehead atoms. The van der Waals surface area contributed by atoms with Crippen LogP contribution in [0.5, 0.6) is 5.75 Å². The Labute approximate surface area is 262 Å². The van der Waals surface area contributed by atoms with Gasteiger partial charge in [0.25, 0.3) is 10.0 Å². The van der Waals surface area contributed by atoms with Gasteiger partial charge in [-0.05, 0) is 47.9 Å². The quantitative estimate of drug-likeness (QED) is 0.0860. The topological polar surface area (TPSA) is 195 Å². The van der Waals surface area contributed by atoms with E-state index in [1.165, 1.54) is 31.3 Å². The molecule has 208 valence electrons. The van der Waals surface area contributed by atoms with E-state index >= 15 is 0 Å². The van der Waals surface area contributed by atoms with Crippen molar-refractivity contribution in [3.8, 4) is 5.75 Å². The van der Waals surface area contributed by atoms with E-state index in [0.717, 1.165) is 22.5 Å². The normalized spacial score (nSPS) is 11.8. The average molecular weight is 626 g/mol. The number of azo groups is 1. The van der Waals surface area contributed by atoms with Crippen molar-refractivity contribution in [3.05, 3.63) is 72.8 Å². The number of sulfonamides is 1. The smallest absolute Gasteiger partial charge is 0.744 e. The number of benzene rings is 4. The van der Waals surface area contributed by atoms with E-state index in [-0.39, 0.29) is 68.0 Å². The molecule has 12 nitrogen and oxygen atoms in total. The van der Waals surface area contributed by atoms with E-state index in [0.29, 0.717) is 5.69 Å². The second kappa shape index (κ2) is 12.7. The van der Waals surface area contributed by atoms with Crippen molar-refractivity contribution in [2.75, 3.05) is 28.3 Å². The number of nitrogen functional groups attached to an aromatic ring is 1. The number of nitrogens with two attached hydrogens (primary N) is 1. The fourth-order valence-corrected chi connectivity index (χ4v) is 5.73. The first-order valence-corrected chi connectivity index (χ1v) is 14.7. The van der Waals surface area contributed by atoms with Gasteiger partial charge in [-0.25, -0.2) is 16.8 Å². The summed E-state index contributed by atoms with van der Waals surface area (Å²) in [6.45, 7) is 0. The molecule has 1 amide bonds. The number of nitrogens with one attached hydrogen (secondary N) is 1. The van der Waals surface area contributed by atoms with Crippen molar-refractivity contribution in [1.29, 1.82) is 0 Å². The zero-order chi connectivity index (χ0) is 29.2. The van der Waals surface area contributed by atoms with Crippen molar-refractivity contribution in [3.63, 3.8) is 0 Å². The molecular weight excluding hydrogens is 605 g/mol. The molecule has 0 unspecified atom stereocenters. The van der Waals surface area contributed by atoms with Crippen LogP contribution >= 0.6 is 11.6 Å². The number of phenols is 1. The number of hydrogen-bond donors (Lipinski definition) is 3. The van der Waals surface area contributed by atoms with Crippen LogP contribution in [0.25, 0.3) is 10.8 Å². The molecule has 0 aromatic heterocycles. The van der Waals surface area contributed by atoms with Gasteiger partial charge in [-0.3, -0.25) is 9.10 Å². The van der Waals surface area contributed by atoms with Crippen LogP contribution in [0.3, 0.4) is 0 Å². The predicted molar refractivity (Wildman–Crippen MR) is 150 cm³/mol. The molecule has 0 aliphatic heterocycles. The molecule has 0 aliphatic rings. The third-order valence-corrected chi connectivity index (χ3v) is 8.62. The van der Waals surface area contributed by atoms with E-state index in [1.54, 1.807) is 30.3 Å². The van der Waals surface area contributed by atoms with E-state index in [2.05, 4.69) is 15.5 Å². The minimum atomic E-state index is -5.06. The maximum Gasteiger partial charge on any atom is 1.00 e. The minimum absolute atomic E-state index is 0. The summed E-state index contributed by atoms with van der Waals surface area (Å²) in [6.07, 6.45) is 0. The number of carbonyl (C=O) groups is 1. The zero-order valence-corrected chi connectivity index (χ0v) is 26.0. The van der Waals surface area contributed by atoms with Gasteiger partial charge in [0.1, 0.15) is 33.1 Å². The molecule has 16 heteroatoms. The SMILES string of the molecule is CN(c1ccccc1)S(=O)(=O)c1cc(O)c2c(N=Nc3ccc(NC(=O)CCl)cc3S(=O)(=O)[O-])c(N)ccc2c1.[Na+]. The first kappa shape index (κ1) is 32.3. The number of carbonyl (C=O) groups excluding carboxylic acids is 1. The van der Waals surface area contributed by atoms with Crippen LogP contribution in [0.1, 0.15) is 0 Å². The summed E-state index contributed by atoms with van der Waals surface area (Å²) in [4.78, 5) is 10.6. The molecule has 4 rings (SSSR count). The standard InChI is InChI=1S/C25H22ClN5O7S2.Na/c1-31(17-5-3-2-4-6-17)39(34,35)18-11-15-7-9-19(27)25(24(15)21(32)13-18)30-29-20-10-8-16(28-23(33)14-26)12-22(20)40(36,37)38;/h2-13,32H,14,27H2,1H3,(H,28,33)(H,36,37,38);/q;+1/p-1. The van der Waals surface area contributed by atoms with Gasteiger partial charge in [0.15, 0.2) is 0 Å². The summed E-state index contributed by atoms with van der Waals surface area (Å²) in [5.41, 5.74) is 6.03. The molecule has 4 aromatic carbocycles. The van der Waals surface area contributed by atoms with Gasteiger partial charge >= 0.3 is 29.6 Å². The van der Waals surface area contributed by atoms with Gasteiger partial charge in [0, 0.05) is 18.8 Å². The Morgan fingerprint density at radius 1 is 1.02 bits per heavy atom. The second-order valence-corrected chi connectivity index (χ2v) is 12.0. The number of phenolic OH excluding ortho intramolecular Hbond substituents is 1. The number of halogens is 1. The molecule has 0 saturated carbocycles. The molecular formula is C25H21ClN5NaO7S2. The third kappa shape index (κ3) is 6.98. The maximum atomic E-state index is 13.3. The number of anilines is 3. The molecule has 4 aromatic rings. The van der Waals surface area contributed by atoms with Gasteiger partial charge in [0.05, 0.1) is 26.6 Å². The molecule has 0 saturated heterocycles. The van der Waals surface area contributed by atoms with Crippen molar-refractivity contribution in [2.45, 2.75) is 9.79 Å². The molecule has 0 heterocycles. The molecule has 0 spiro atoms. The number of alkyl halides is 1. The summed E-state index contributed by atoms with van der Waals surface area (Å²) in [5, 5.41) is 21.3. The number of para-hydroxylation sites is 1. The van der Waals surface area contributed by atoms with Crippen LogP contribution in [-0.2, 0) is 24.9 Å². The van der Waals surface area contributed by atoms with Crippen LogP contribution < -0.4 is 44.9 Å². The van der Waals surface area contributed by atoms with Crippen molar-refractivity contribution < 1.29 is 60.8 Å². The van der Waals surface area contributed by atoms with Crippen LogP contribution in [0, 0.1) is 0 Å². The van der Waals surface area contributed by atoms with Gasteiger partial charge in [0.2, 0.25) is 5.91 Å². The number of fused-ring (bicyclic) bond motifs is 1. The Bertz CT molecular complexity index is 1870. The van der Waals surface area contributed by atoms with Crippen LogP contribution in [0.2, 0.25) is 0 Å². The molecule has 4 N–H and O–H groups in total. The van der Waals surface area contributed by atoms with Crippen LogP contribution in [0.4, 0.5) is 28.4 Å². The van der Waals surface area contributed by atoms with E-state index in [9.17, 15) is 31.3 Å². The number of nitrogens with zero attached hydrogens (tertiary/aromatic N) is 3. The molecule has 0 radical (unpaired) electrons. The Hall–Kier alpha value is -3.24. The Morgan fingerprint density at radius 3 is 2.34 bits per heavy atom. The summed E-state index contributed by atoms with van der Waals surface area (Å²) >= 11 is 5.44. The van der Waals surface area contributed by atoms with Gasteiger partial charge in [-0.15, -0.1) is 21.8 Å². The van der Waals surface area contributed by atoms with Gasteiger partial charge in [-0.2, -0.15) is 0 Å². The van der Waals surface area contributed by atoms with Gasteiger partial charge in [-0.1, -0.05) is 24.3 Å². The van der Waals surface area contributed by atoms with E-state index < -0.39 is 42.6 Å². The largest absolute Gasteiger partial charge is 1.00 e. The number of rotatable bonds is 8. The Kier molecular flexibility index (Phi) is 10.0. The summed E-state index contributed by atoms with van der Waals surface area (Å²) in [5.74, 6) is -1.49. The fraction of sp³-hybridized carbons (Fsp3) is 0.0800. The third-order valence-electron chi connectivity index (χ3n) is 5.74. The molecule has 0 fully saturated rings. The monoisotopic (exact) mass is 625 g/mol. The fourth-order valence-electron chi connectivity index (χ4n) is 3.78. The Balaban J connectivity index is 0.00000462.